The van der Waals surface area contributed by atoms with Crippen LogP contribution in [0, 0.1) is 6.92 Å². The van der Waals surface area contributed by atoms with Crippen LogP contribution in [0.25, 0.3) is 10.2 Å². The standard InChI is InChI=1S/C19H24N4O4S/c1-7-27-18(25)14-13(9-12-8-11(4)20-22(12)6)28-17-15(14)16(24)21(5)19(26)23(17)10(2)3/h8,10H,7,9H2,1-6H3. The number of hydrogen-bond donors (Lipinski definition) is 0. The molecule has 0 radical (unpaired) electrons. The molecule has 0 aromatic carbocycles. The molecule has 3 heterocycles. The number of carbonyl (C=O) groups excluding carboxylic acids is 1. The van der Waals surface area contributed by atoms with Crippen molar-refractivity contribution < 1.29 is 9.53 Å². The molecule has 0 unspecified atom stereocenters. The molecule has 0 saturated carbocycles. The maximum absolute atomic E-state index is 12.9. The van der Waals surface area contributed by atoms with Crippen molar-refractivity contribution >= 4 is 27.5 Å². The van der Waals surface area contributed by atoms with Crippen LogP contribution in [-0.2, 0) is 25.3 Å². The van der Waals surface area contributed by atoms with Gasteiger partial charge in [0.05, 0.1) is 23.3 Å². The summed E-state index contributed by atoms with van der Waals surface area (Å²) in [6.45, 7) is 7.56. The average molecular weight is 404 g/mol. The van der Waals surface area contributed by atoms with E-state index in [1.54, 1.807) is 16.2 Å². The summed E-state index contributed by atoms with van der Waals surface area (Å²) in [7, 11) is 3.27. The zero-order valence-electron chi connectivity index (χ0n) is 16.9. The number of rotatable bonds is 5. The van der Waals surface area contributed by atoms with Gasteiger partial charge < -0.3 is 4.74 Å². The van der Waals surface area contributed by atoms with Gasteiger partial charge >= 0.3 is 11.7 Å². The van der Waals surface area contributed by atoms with Crippen LogP contribution in [0.1, 0.15) is 53.4 Å². The Kier molecular flexibility index (Phi) is 5.29. The Labute approximate surface area is 166 Å². The molecule has 0 bridgehead atoms. The van der Waals surface area contributed by atoms with Crippen LogP contribution in [0.2, 0.25) is 0 Å². The lowest BCUT2D eigenvalue weighted by Crippen LogP contribution is -2.38. The highest BCUT2D eigenvalue weighted by molar-refractivity contribution is 7.19. The molecule has 3 aromatic rings. The second-order valence-corrected chi connectivity index (χ2v) is 8.07. The van der Waals surface area contributed by atoms with Crippen molar-refractivity contribution in [2.24, 2.45) is 14.1 Å². The third kappa shape index (κ3) is 3.19. The third-order valence-corrected chi connectivity index (χ3v) is 5.82. The number of fused-ring (bicyclic) bond motifs is 1. The Bertz CT molecular complexity index is 1180. The Morgan fingerprint density at radius 1 is 1.29 bits per heavy atom. The van der Waals surface area contributed by atoms with Crippen LogP contribution in [-0.4, -0.2) is 31.5 Å². The molecule has 0 aliphatic heterocycles. The number of carbonyl (C=O) groups is 1. The van der Waals surface area contributed by atoms with Gasteiger partial charge in [-0.2, -0.15) is 5.10 Å². The van der Waals surface area contributed by atoms with Crippen LogP contribution in [0.3, 0.4) is 0 Å². The van der Waals surface area contributed by atoms with E-state index in [2.05, 4.69) is 5.10 Å². The molecule has 0 atom stereocenters. The van der Waals surface area contributed by atoms with Crippen LogP contribution in [0.4, 0.5) is 0 Å². The molecule has 0 aliphatic rings. The topological polar surface area (TPSA) is 88.1 Å². The summed E-state index contributed by atoms with van der Waals surface area (Å²) in [5, 5.41) is 4.59. The Morgan fingerprint density at radius 3 is 2.50 bits per heavy atom. The first-order valence-electron chi connectivity index (χ1n) is 9.10. The van der Waals surface area contributed by atoms with Crippen molar-refractivity contribution in [3.63, 3.8) is 0 Å². The predicted octanol–water partition coefficient (Wildman–Crippen LogP) is 2.15. The average Bonchev–Trinajstić information content (AvgIpc) is 3.13. The lowest BCUT2D eigenvalue weighted by molar-refractivity contribution is 0.0528. The molecular formula is C19H24N4O4S. The number of esters is 1. The molecule has 0 spiro atoms. The molecule has 0 N–H and O–H groups in total. The minimum absolute atomic E-state index is 0.165. The lowest BCUT2D eigenvalue weighted by atomic mass is 10.1. The van der Waals surface area contributed by atoms with Crippen LogP contribution < -0.4 is 11.2 Å². The zero-order chi connectivity index (χ0) is 20.7. The molecular weight excluding hydrogens is 380 g/mol. The van der Waals surface area contributed by atoms with E-state index in [-0.39, 0.29) is 23.6 Å². The van der Waals surface area contributed by atoms with Gasteiger partial charge in [0.25, 0.3) is 5.56 Å². The van der Waals surface area contributed by atoms with E-state index >= 15 is 0 Å². The first-order chi connectivity index (χ1) is 13.2. The number of ether oxygens (including phenoxy) is 1. The van der Waals surface area contributed by atoms with Gasteiger partial charge in [-0.25, -0.2) is 9.59 Å². The molecule has 0 amide bonds. The van der Waals surface area contributed by atoms with Crippen molar-refractivity contribution in [1.29, 1.82) is 0 Å². The first-order valence-corrected chi connectivity index (χ1v) is 9.92. The Morgan fingerprint density at radius 2 is 1.96 bits per heavy atom. The van der Waals surface area contributed by atoms with E-state index in [0.29, 0.717) is 16.1 Å². The molecule has 9 heteroatoms. The van der Waals surface area contributed by atoms with Gasteiger partial charge in [-0.3, -0.25) is 18.6 Å². The lowest BCUT2D eigenvalue weighted by Gasteiger charge is -2.12. The first kappa shape index (κ1) is 20.1. The smallest absolute Gasteiger partial charge is 0.340 e. The SMILES string of the molecule is CCOC(=O)c1c(Cc2cc(C)nn2C)sc2c1c(=O)n(C)c(=O)n2C(C)C. The number of nitrogens with zero attached hydrogens (tertiary/aromatic N) is 4. The van der Waals surface area contributed by atoms with Crippen molar-refractivity contribution in [1.82, 2.24) is 18.9 Å². The van der Waals surface area contributed by atoms with Crippen molar-refractivity contribution in [3.05, 3.63) is 48.7 Å². The summed E-state index contributed by atoms with van der Waals surface area (Å²) in [6.07, 6.45) is 0.417. The summed E-state index contributed by atoms with van der Waals surface area (Å²) in [5.41, 5.74) is 1.14. The normalized spacial score (nSPS) is 11.5. The second kappa shape index (κ2) is 7.38. The maximum Gasteiger partial charge on any atom is 0.340 e. The Balaban J connectivity index is 2.38. The van der Waals surface area contributed by atoms with Gasteiger partial charge in [0.2, 0.25) is 0 Å². The predicted molar refractivity (Wildman–Crippen MR) is 108 cm³/mol. The van der Waals surface area contributed by atoms with Gasteiger partial charge in [-0.1, -0.05) is 0 Å². The highest BCUT2D eigenvalue weighted by atomic mass is 32.1. The van der Waals surface area contributed by atoms with Gasteiger partial charge in [-0.15, -0.1) is 11.3 Å². The Hall–Kier alpha value is -2.68. The summed E-state index contributed by atoms with van der Waals surface area (Å²) >= 11 is 1.29. The maximum atomic E-state index is 12.9. The number of thiophene rings is 1. The highest BCUT2D eigenvalue weighted by Gasteiger charge is 2.27. The van der Waals surface area contributed by atoms with Crippen LogP contribution in [0.15, 0.2) is 15.7 Å². The largest absolute Gasteiger partial charge is 0.462 e. The minimum Gasteiger partial charge on any atom is -0.462 e. The van der Waals surface area contributed by atoms with E-state index in [9.17, 15) is 14.4 Å². The summed E-state index contributed by atoms with van der Waals surface area (Å²) < 4.78 is 9.60. The highest BCUT2D eigenvalue weighted by Crippen LogP contribution is 2.32. The van der Waals surface area contributed by atoms with Crippen molar-refractivity contribution in [2.45, 2.75) is 40.2 Å². The fourth-order valence-corrected chi connectivity index (χ4v) is 4.75. The van der Waals surface area contributed by atoms with Crippen LogP contribution >= 0.6 is 11.3 Å². The molecule has 3 rings (SSSR count). The summed E-state index contributed by atoms with van der Waals surface area (Å²) in [6, 6.07) is 1.77. The molecule has 0 saturated heterocycles. The molecule has 3 aromatic heterocycles. The fraction of sp³-hybridized carbons (Fsp3) is 0.474. The molecule has 0 fully saturated rings. The quantitative estimate of drug-likeness (QED) is 0.608. The number of aromatic nitrogens is 4. The number of aryl methyl sites for hydroxylation is 2. The van der Waals surface area contributed by atoms with Crippen molar-refractivity contribution in [3.8, 4) is 0 Å². The fourth-order valence-electron chi connectivity index (χ4n) is 3.33. The van der Waals surface area contributed by atoms with E-state index in [1.165, 1.54) is 18.4 Å². The summed E-state index contributed by atoms with van der Waals surface area (Å²) in [4.78, 5) is 39.6. The van der Waals surface area contributed by atoms with Gasteiger partial charge in [0.1, 0.15) is 4.83 Å². The molecule has 0 aliphatic carbocycles. The van der Waals surface area contributed by atoms with Gasteiger partial charge in [-0.05, 0) is 33.8 Å². The third-order valence-electron chi connectivity index (χ3n) is 4.63. The molecule has 28 heavy (non-hydrogen) atoms. The van der Waals surface area contributed by atoms with Crippen molar-refractivity contribution in [2.75, 3.05) is 6.61 Å². The van der Waals surface area contributed by atoms with E-state index in [4.69, 9.17) is 4.74 Å². The second-order valence-electron chi connectivity index (χ2n) is 6.99. The van der Waals surface area contributed by atoms with E-state index < -0.39 is 17.2 Å². The van der Waals surface area contributed by atoms with Crippen LogP contribution in [0.5, 0.6) is 0 Å². The van der Waals surface area contributed by atoms with E-state index in [0.717, 1.165) is 16.0 Å². The zero-order valence-corrected chi connectivity index (χ0v) is 17.7. The van der Waals surface area contributed by atoms with Gasteiger partial charge in [0.15, 0.2) is 0 Å². The van der Waals surface area contributed by atoms with E-state index in [1.807, 2.05) is 33.9 Å². The minimum atomic E-state index is -0.548. The summed E-state index contributed by atoms with van der Waals surface area (Å²) in [5.74, 6) is -0.548. The molecule has 150 valence electrons. The monoisotopic (exact) mass is 404 g/mol. The molecule has 8 nitrogen and oxygen atoms in total. The van der Waals surface area contributed by atoms with Gasteiger partial charge in [0, 0.05) is 37.1 Å². The number of hydrogen-bond acceptors (Lipinski definition) is 6.